The molecule has 14 nitrogen and oxygen atoms in total. The maximum absolute atomic E-state index is 13.6. The van der Waals surface area contributed by atoms with Crippen molar-refractivity contribution in [3.63, 3.8) is 0 Å². The number of amides is 2. The third-order valence-corrected chi connectivity index (χ3v) is 8.32. The Labute approximate surface area is 292 Å². The van der Waals surface area contributed by atoms with Crippen LogP contribution in [-0.2, 0) is 25.7 Å². The van der Waals surface area contributed by atoms with Crippen molar-refractivity contribution in [1.29, 1.82) is 5.41 Å². The number of ketones is 2. The summed E-state index contributed by atoms with van der Waals surface area (Å²) in [5.41, 5.74) is 29.7. The van der Waals surface area contributed by atoms with Crippen molar-refractivity contribution in [3.05, 3.63) is 35.4 Å². The Hall–Kier alpha value is -3.27. The number of unbranched alkanes of at least 4 members (excludes halogenated alkanes) is 7. The number of hydrazine groups is 1. The summed E-state index contributed by atoms with van der Waals surface area (Å²) in [5.74, 6) is -2.00. The van der Waals surface area contributed by atoms with E-state index in [-0.39, 0.29) is 30.6 Å². The fourth-order valence-electron chi connectivity index (χ4n) is 5.27. The largest absolute Gasteiger partial charge is 0.384 e. The van der Waals surface area contributed by atoms with Crippen LogP contribution in [0.3, 0.4) is 0 Å². The SMILES string of the molecule is CCCCCCCCCC(=O)C(=O)[C@H](CCCNC(N)N)NN[C@H](C(=O)N[C@@H](CCCCN)C(=O)NCc1ccc(C(=N)N)cc1)C(C)C. The van der Waals surface area contributed by atoms with Gasteiger partial charge in [-0.05, 0) is 63.1 Å². The number of nitrogens with one attached hydrogen (secondary N) is 6. The van der Waals surface area contributed by atoms with E-state index in [0.29, 0.717) is 57.2 Å². The number of hydrogen-bond donors (Lipinski definition) is 10. The molecule has 0 heterocycles. The molecule has 0 unspecified atom stereocenters. The number of amidine groups is 1. The van der Waals surface area contributed by atoms with Gasteiger partial charge in [-0.25, -0.2) is 10.9 Å². The average Bonchev–Trinajstić information content (AvgIpc) is 3.06. The fraction of sp³-hybridized carbons (Fsp3) is 0.686. The number of carbonyl (C=O) groups excluding carboxylic acids is 4. The quantitative estimate of drug-likeness (QED) is 0.0144. The van der Waals surface area contributed by atoms with Crippen LogP contribution >= 0.6 is 0 Å². The third-order valence-electron chi connectivity index (χ3n) is 8.32. The monoisotopic (exact) mass is 689 g/mol. The highest BCUT2D eigenvalue weighted by atomic mass is 16.2. The lowest BCUT2D eigenvalue weighted by atomic mass is 9.99. The second kappa shape index (κ2) is 25.7. The van der Waals surface area contributed by atoms with Gasteiger partial charge in [0.05, 0.1) is 6.04 Å². The van der Waals surface area contributed by atoms with Crippen molar-refractivity contribution in [1.82, 2.24) is 26.8 Å². The van der Waals surface area contributed by atoms with Crippen molar-refractivity contribution in [3.8, 4) is 0 Å². The summed E-state index contributed by atoms with van der Waals surface area (Å²) in [6.45, 7) is 7.01. The van der Waals surface area contributed by atoms with Gasteiger partial charge in [0.25, 0.3) is 0 Å². The first-order chi connectivity index (χ1) is 23.4. The third kappa shape index (κ3) is 18.9. The van der Waals surface area contributed by atoms with Gasteiger partial charge in [-0.2, -0.15) is 0 Å². The van der Waals surface area contributed by atoms with Gasteiger partial charge in [0, 0.05) is 18.5 Å². The van der Waals surface area contributed by atoms with E-state index in [0.717, 1.165) is 24.8 Å². The molecule has 3 atom stereocenters. The zero-order valence-electron chi connectivity index (χ0n) is 30.0. The lowest BCUT2D eigenvalue weighted by Crippen LogP contribution is -2.59. The van der Waals surface area contributed by atoms with Crippen molar-refractivity contribution in [2.45, 2.75) is 135 Å². The highest BCUT2D eigenvalue weighted by Gasteiger charge is 2.30. The Morgan fingerprint density at radius 3 is 2.02 bits per heavy atom. The molecule has 1 aromatic rings. The first kappa shape index (κ1) is 43.8. The fourth-order valence-corrected chi connectivity index (χ4v) is 5.27. The highest BCUT2D eigenvalue weighted by molar-refractivity contribution is 6.39. The molecule has 2 amide bonds. The summed E-state index contributed by atoms with van der Waals surface area (Å²) in [7, 11) is 0. The van der Waals surface area contributed by atoms with Gasteiger partial charge < -0.3 is 33.6 Å². The highest BCUT2D eigenvalue weighted by Crippen LogP contribution is 2.11. The predicted octanol–water partition coefficient (Wildman–Crippen LogP) is 1.54. The lowest BCUT2D eigenvalue weighted by Gasteiger charge is -2.27. The van der Waals surface area contributed by atoms with Crippen LogP contribution in [0.4, 0.5) is 0 Å². The Balaban J connectivity index is 2.91. The minimum Gasteiger partial charge on any atom is -0.384 e. The number of hydrogen-bond acceptors (Lipinski definition) is 11. The molecule has 0 aliphatic rings. The van der Waals surface area contributed by atoms with Gasteiger partial charge in [0.1, 0.15) is 24.2 Å². The van der Waals surface area contributed by atoms with Gasteiger partial charge in [-0.1, -0.05) is 83.6 Å². The molecule has 14 N–H and O–H groups in total. The predicted molar refractivity (Wildman–Crippen MR) is 195 cm³/mol. The van der Waals surface area contributed by atoms with Crippen LogP contribution in [0.1, 0.15) is 115 Å². The molecular weight excluding hydrogens is 624 g/mol. The summed E-state index contributed by atoms with van der Waals surface area (Å²) in [6.07, 6.45) is 9.34. The van der Waals surface area contributed by atoms with Crippen LogP contribution in [0.15, 0.2) is 24.3 Å². The van der Waals surface area contributed by atoms with Crippen LogP contribution in [0.25, 0.3) is 0 Å². The van der Waals surface area contributed by atoms with Crippen molar-refractivity contribution < 1.29 is 19.2 Å². The van der Waals surface area contributed by atoms with Crippen LogP contribution in [0.5, 0.6) is 0 Å². The van der Waals surface area contributed by atoms with E-state index in [1.54, 1.807) is 24.3 Å². The number of Topliss-reactive ketones (excluding diaryl/α,β-unsaturated/α-hetero) is 2. The molecule has 0 bridgehead atoms. The molecule has 1 aromatic carbocycles. The van der Waals surface area contributed by atoms with Crippen molar-refractivity contribution in [2.24, 2.45) is 28.9 Å². The molecule has 0 aromatic heterocycles. The summed E-state index contributed by atoms with van der Waals surface area (Å²) in [4.78, 5) is 53.0. The zero-order valence-corrected chi connectivity index (χ0v) is 30.0. The molecular formula is C35H64N10O4. The van der Waals surface area contributed by atoms with Gasteiger partial charge in [0.15, 0.2) is 5.78 Å². The molecule has 1 rings (SSSR count). The Morgan fingerprint density at radius 2 is 1.43 bits per heavy atom. The first-order valence-electron chi connectivity index (χ1n) is 17.9. The number of benzene rings is 1. The normalized spacial score (nSPS) is 13.2. The molecule has 278 valence electrons. The topological polar surface area (TPSA) is 256 Å². The van der Waals surface area contributed by atoms with Crippen molar-refractivity contribution >= 4 is 29.2 Å². The molecule has 0 aliphatic heterocycles. The van der Waals surface area contributed by atoms with Crippen molar-refractivity contribution in [2.75, 3.05) is 13.1 Å². The summed E-state index contributed by atoms with van der Waals surface area (Å²) >= 11 is 0. The van der Waals surface area contributed by atoms with Gasteiger partial charge in [-0.15, -0.1) is 0 Å². The summed E-state index contributed by atoms with van der Waals surface area (Å²) < 4.78 is 0. The van der Waals surface area contributed by atoms with E-state index < -0.39 is 41.9 Å². The molecule has 0 radical (unpaired) electrons. The minimum absolute atomic E-state index is 0.0415. The summed E-state index contributed by atoms with van der Waals surface area (Å²) in [5, 5.41) is 16.2. The van der Waals surface area contributed by atoms with Gasteiger partial charge >= 0.3 is 0 Å². The van der Waals surface area contributed by atoms with E-state index in [1.807, 2.05) is 13.8 Å². The second-order valence-electron chi connectivity index (χ2n) is 13.0. The minimum atomic E-state index is -0.861. The van der Waals surface area contributed by atoms with Gasteiger partial charge in [0.2, 0.25) is 17.6 Å². The average molecular weight is 689 g/mol. The molecule has 0 saturated carbocycles. The van der Waals surface area contributed by atoms with E-state index >= 15 is 0 Å². The lowest BCUT2D eigenvalue weighted by molar-refractivity contribution is -0.138. The second-order valence-corrected chi connectivity index (χ2v) is 13.0. The Morgan fingerprint density at radius 1 is 0.796 bits per heavy atom. The smallest absolute Gasteiger partial charge is 0.242 e. The first-order valence-corrected chi connectivity index (χ1v) is 17.9. The van der Waals surface area contributed by atoms with E-state index in [1.165, 1.54) is 19.3 Å². The molecule has 0 fully saturated rings. The van der Waals surface area contributed by atoms with E-state index in [9.17, 15) is 19.2 Å². The van der Waals surface area contributed by atoms with E-state index in [2.05, 4.69) is 33.7 Å². The molecule has 14 heteroatoms. The molecule has 49 heavy (non-hydrogen) atoms. The molecule has 0 aliphatic carbocycles. The standard InChI is InChI=1S/C35H64N10O4/c1-4-5-6-7-8-9-10-16-29(46)31(47)27(15-13-22-41-35(39)40)44-45-30(24(2)3)34(49)43-28(14-11-12-21-36)33(48)42-23-25-17-19-26(20-18-25)32(37)38/h17-20,24,27-28,30,35,41,44-45H,4-16,21-23,36,39-40H2,1-3H3,(H3,37,38)(H,42,48)(H,43,49)/t27-,28-,30-/m0/s1. The number of rotatable bonds is 29. The maximum atomic E-state index is 13.6. The Kier molecular flexibility index (Phi) is 22.9. The van der Waals surface area contributed by atoms with Crippen LogP contribution in [-0.4, -0.2) is 66.7 Å². The summed E-state index contributed by atoms with van der Waals surface area (Å²) in [6, 6.07) is 4.49. The van der Waals surface area contributed by atoms with Crippen LogP contribution < -0.4 is 49.7 Å². The maximum Gasteiger partial charge on any atom is 0.242 e. The zero-order chi connectivity index (χ0) is 36.6. The van der Waals surface area contributed by atoms with Crippen LogP contribution in [0.2, 0.25) is 0 Å². The Bertz CT molecular complexity index is 1130. The molecule has 0 spiro atoms. The number of nitrogens with two attached hydrogens (primary N) is 4. The van der Waals surface area contributed by atoms with Gasteiger partial charge in [-0.3, -0.25) is 29.9 Å². The molecule has 0 saturated heterocycles. The van der Waals surface area contributed by atoms with E-state index in [4.69, 9.17) is 28.3 Å². The number of carbonyl (C=O) groups is 4. The number of nitrogen functional groups attached to an aromatic ring is 1. The van der Waals surface area contributed by atoms with Crippen LogP contribution in [0, 0.1) is 11.3 Å².